The molecule has 0 saturated carbocycles. The summed E-state index contributed by atoms with van der Waals surface area (Å²) in [5, 5.41) is 12.4. The van der Waals surface area contributed by atoms with Crippen LogP contribution < -0.4 is 5.32 Å². The molecule has 6 heteroatoms. The lowest BCUT2D eigenvalue weighted by Gasteiger charge is -2.19. The molecule has 1 amide bonds. The Bertz CT molecular complexity index is 732. The molecule has 0 aromatic heterocycles. The maximum absolute atomic E-state index is 12.3. The summed E-state index contributed by atoms with van der Waals surface area (Å²) in [6, 6.07) is 14.1. The van der Waals surface area contributed by atoms with E-state index in [9.17, 15) is 9.59 Å². The first-order chi connectivity index (χ1) is 12.0. The standard InChI is InChI=1S/C19H21ClN2O3/c1-2-10-22(13-18(23)24)12-14-4-3-5-17(11-14)21-19(25)15-6-8-16(20)9-7-15/h3-9,11H,2,10,12-13H2,1H3,(H,21,25)(H,23,24). The fraction of sp³-hybridized carbons (Fsp3) is 0.263. The number of carbonyl (C=O) groups is 2. The van der Waals surface area contributed by atoms with Gasteiger partial charge in [0.05, 0.1) is 6.54 Å². The second-order valence-corrected chi connectivity index (χ2v) is 6.20. The van der Waals surface area contributed by atoms with Gasteiger partial charge < -0.3 is 10.4 Å². The highest BCUT2D eigenvalue weighted by Gasteiger charge is 2.11. The molecule has 2 aromatic rings. The molecule has 25 heavy (non-hydrogen) atoms. The molecule has 0 heterocycles. The van der Waals surface area contributed by atoms with Gasteiger partial charge in [-0.05, 0) is 54.9 Å². The molecule has 2 rings (SSSR count). The maximum Gasteiger partial charge on any atom is 0.317 e. The summed E-state index contributed by atoms with van der Waals surface area (Å²) >= 11 is 5.83. The monoisotopic (exact) mass is 360 g/mol. The van der Waals surface area contributed by atoms with Crippen molar-refractivity contribution in [3.05, 3.63) is 64.7 Å². The second kappa shape index (κ2) is 9.20. The first-order valence-corrected chi connectivity index (χ1v) is 8.45. The van der Waals surface area contributed by atoms with E-state index < -0.39 is 5.97 Å². The van der Waals surface area contributed by atoms with Gasteiger partial charge in [0.15, 0.2) is 0 Å². The topological polar surface area (TPSA) is 69.6 Å². The summed E-state index contributed by atoms with van der Waals surface area (Å²) < 4.78 is 0. The van der Waals surface area contributed by atoms with Gasteiger partial charge in [0.2, 0.25) is 0 Å². The van der Waals surface area contributed by atoms with E-state index in [0.29, 0.717) is 29.4 Å². The van der Waals surface area contributed by atoms with Crippen molar-refractivity contribution in [1.29, 1.82) is 0 Å². The highest BCUT2D eigenvalue weighted by atomic mass is 35.5. The van der Waals surface area contributed by atoms with Crippen molar-refractivity contribution >= 4 is 29.2 Å². The maximum atomic E-state index is 12.3. The molecule has 5 nitrogen and oxygen atoms in total. The van der Waals surface area contributed by atoms with Crippen molar-refractivity contribution in [2.45, 2.75) is 19.9 Å². The second-order valence-electron chi connectivity index (χ2n) is 5.77. The first kappa shape index (κ1) is 19.0. The van der Waals surface area contributed by atoms with Crippen molar-refractivity contribution in [3.8, 4) is 0 Å². The van der Waals surface area contributed by atoms with Crippen LogP contribution in [0.3, 0.4) is 0 Å². The van der Waals surface area contributed by atoms with Crippen molar-refractivity contribution in [2.24, 2.45) is 0 Å². The minimum Gasteiger partial charge on any atom is -0.480 e. The molecule has 0 bridgehead atoms. The van der Waals surface area contributed by atoms with E-state index in [-0.39, 0.29) is 12.5 Å². The molecule has 132 valence electrons. The van der Waals surface area contributed by atoms with E-state index >= 15 is 0 Å². The van der Waals surface area contributed by atoms with Crippen LogP contribution in [0, 0.1) is 0 Å². The van der Waals surface area contributed by atoms with Crippen LogP contribution in [0.4, 0.5) is 5.69 Å². The van der Waals surface area contributed by atoms with Gasteiger partial charge >= 0.3 is 5.97 Å². The number of hydrogen-bond acceptors (Lipinski definition) is 3. The molecule has 0 saturated heterocycles. The van der Waals surface area contributed by atoms with Crippen molar-refractivity contribution < 1.29 is 14.7 Å². The lowest BCUT2D eigenvalue weighted by atomic mass is 10.1. The Labute approximate surface area is 152 Å². The van der Waals surface area contributed by atoms with E-state index in [0.717, 1.165) is 12.0 Å². The zero-order valence-electron chi connectivity index (χ0n) is 14.0. The Morgan fingerprint density at radius 1 is 1.16 bits per heavy atom. The Balaban J connectivity index is 2.05. The molecule has 0 unspecified atom stereocenters. The van der Waals surface area contributed by atoms with Gasteiger partial charge in [-0.3, -0.25) is 14.5 Å². The third-order valence-electron chi connectivity index (χ3n) is 3.60. The number of carboxylic acid groups (broad SMARTS) is 1. The van der Waals surface area contributed by atoms with E-state index in [4.69, 9.17) is 16.7 Å². The molecule has 0 aliphatic rings. The van der Waals surface area contributed by atoms with Crippen LogP contribution >= 0.6 is 11.6 Å². The molecule has 0 radical (unpaired) electrons. The summed E-state index contributed by atoms with van der Waals surface area (Å²) in [7, 11) is 0. The predicted molar refractivity (Wildman–Crippen MR) is 99.1 cm³/mol. The molecule has 2 N–H and O–H groups in total. The minimum absolute atomic E-state index is 0.00476. The third-order valence-corrected chi connectivity index (χ3v) is 3.85. The molecule has 0 atom stereocenters. The molecule has 0 aliphatic heterocycles. The van der Waals surface area contributed by atoms with E-state index in [1.165, 1.54) is 0 Å². The minimum atomic E-state index is -0.847. The van der Waals surface area contributed by atoms with Crippen LogP contribution in [0.5, 0.6) is 0 Å². The van der Waals surface area contributed by atoms with Crippen LogP contribution in [-0.4, -0.2) is 35.0 Å². The van der Waals surface area contributed by atoms with Gasteiger partial charge in [-0.15, -0.1) is 0 Å². The molecule has 2 aromatic carbocycles. The van der Waals surface area contributed by atoms with E-state index in [1.54, 1.807) is 30.3 Å². The van der Waals surface area contributed by atoms with Gasteiger partial charge in [0, 0.05) is 22.8 Å². The molecule has 0 spiro atoms. The number of carbonyl (C=O) groups excluding carboxylic acids is 1. The van der Waals surface area contributed by atoms with Gasteiger partial charge in [-0.1, -0.05) is 30.7 Å². The Morgan fingerprint density at radius 3 is 2.52 bits per heavy atom. The highest BCUT2D eigenvalue weighted by molar-refractivity contribution is 6.30. The van der Waals surface area contributed by atoms with Crippen molar-refractivity contribution in [2.75, 3.05) is 18.4 Å². The van der Waals surface area contributed by atoms with Gasteiger partial charge in [-0.25, -0.2) is 0 Å². The molecule has 0 fully saturated rings. The summed E-state index contributed by atoms with van der Waals surface area (Å²) in [5.74, 6) is -1.06. The molecular formula is C19H21ClN2O3. The largest absolute Gasteiger partial charge is 0.480 e. The predicted octanol–water partition coefficient (Wildman–Crippen LogP) is 3.89. The van der Waals surface area contributed by atoms with Gasteiger partial charge in [-0.2, -0.15) is 0 Å². The zero-order chi connectivity index (χ0) is 18.2. The average molecular weight is 361 g/mol. The Morgan fingerprint density at radius 2 is 1.88 bits per heavy atom. The van der Waals surface area contributed by atoms with E-state index in [1.807, 2.05) is 30.0 Å². The number of nitrogens with zero attached hydrogens (tertiary/aromatic N) is 1. The van der Waals surface area contributed by atoms with Crippen LogP contribution in [0.15, 0.2) is 48.5 Å². The number of amides is 1. The van der Waals surface area contributed by atoms with Crippen LogP contribution in [-0.2, 0) is 11.3 Å². The quantitative estimate of drug-likeness (QED) is 0.749. The van der Waals surface area contributed by atoms with Gasteiger partial charge in [0.1, 0.15) is 0 Å². The normalized spacial score (nSPS) is 10.7. The van der Waals surface area contributed by atoms with Crippen LogP contribution in [0.2, 0.25) is 5.02 Å². The number of benzene rings is 2. The van der Waals surface area contributed by atoms with Gasteiger partial charge in [0.25, 0.3) is 5.91 Å². The van der Waals surface area contributed by atoms with Crippen LogP contribution in [0.25, 0.3) is 0 Å². The first-order valence-electron chi connectivity index (χ1n) is 8.08. The van der Waals surface area contributed by atoms with Crippen molar-refractivity contribution in [1.82, 2.24) is 4.90 Å². The average Bonchev–Trinajstić information content (AvgIpc) is 2.55. The lowest BCUT2D eigenvalue weighted by molar-refractivity contribution is -0.138. The van der Waals surface area contributed by atoms with E-state index in [2.05, 4.69) is 5.32 Å². The number of anilines is 1. The number of carboxylic acids is 1. The molecule has 0 aliphatic carbocycles. The SMILES string of the molecule is CCCN(CC(=O)O)Cc1cccc(NC(=O)c2ccc(Cl)cc2)c1. The zero-order valence-corrected chi connectivity index (χ0v) is 14.8. The van der Waals surface area contributed by atoms with Crippen LogP contribution in [0.1, 0.15) is 29.3 Å². The summed E-state index contributed by atoms with van der Waals surface area (Å²) in [5.41, 5.74) is 2.14. The molecular weight excluding hydrogens is 340 g/mol. The number of halogens is 1. The summed E-state index contributed by atoms with van der Waals surface area (Å²) in [4.78, 5) is 25.1. The summed E-state index contributed by atoms with van der Waals surface area (Å²) in [6.07, 6.45) is 0.875. The number of hydrogen-bond donors (Lipinski definition) is 2. The van der Waals surface area contributed by atoms with Crippen molar-refractivity contribution in [3.63, 3.8) is 0 Å². The number of rotatable bonds is 8. The third kappa shape index (κ3) is 6.21. The fourth-order valence-electron chi connectivity index (χ4n) is 2.53. The highest BCUT2D eigenvalue weighted by Crippen LogP contribution is 2.15. The smallest absolute Gasteiger partial charge is 0.317 e. The number of nitrogens with one attached hydrogen (secondary N) is 1. The lowest BCUT2D eigenvalue weighted by Crippen LogP contribution is -2.30. The number of aliphatic carboxylic acids is 1. The Kier molecular flexibility index (Phi) is 6.98. The Hall–Kier alpha value is -2.37. The summed E-state index contributed by atoms with van der Waals surface area (Å²) in [6.45, 7) is 3.23. The fourth-order valence-corrected chi connectivity index (χ4v) is 2.66.